The molecule has 0 saturated carbocycles. The second-order valence-corrected chi connectivity index (χ2v) is 6.76. The van der Waals surface area contributed by atoms with Crippen LogP contribution in [0.15, 0.2) is 60.7 Å². The Kier molecular flexibility index (Phi) is 6.78. The van der Waals surface area contributed by atoms with E-state index in [1.165, 1.54) is 0 Å². The molecule has 1 heterocycles. The highest BCUT2D eigenvalue weighted by molar-refractivity contribution is 5.98. The quantitative estimate of drug-likeness (QED) is 0.748. The molecule has 1 N–H and O–H groups in total. The van der Waals surface area contributed by atoms with Crippen LogP contribution < -0.4 is 10.1 Å². The van der Waals surface area contributed by atoms with Gasteiger partial charge >= 0.3 is 0 Å². The fourth-order valence-electron chi connectivity index (χ4n) is 3.23. The molecule has 0 spiro atoms. The third kappa shape index (κ3) is 5.42. The van der Waals surface area contributed by atoms with Crippen LogP contribution in [0.4, 0.5) is 0 Å². The average molecular weight is 380 g/mol. The van der Waals surface area contributed by atoms with E-state index in [-0.39, 0.29) is 36.7 Å². The summed E-state index contributed by atoms with van der Waals surface area (Å²) in [6, 6.07) is 18.3. The average Bonchev–Trinajstić information content (AvgIpc) is 2.77. The Hall–Kier alpha value is -3.15. The lowest BCUT2D eigenvalue weighted by molar-refractivity contribution is -0.134. The molecule has 6 heteroatoms. The predicted molar refractivity (Wildman–Crippen MR) is 105 cm³/mol. The Balaban J connectivity index is 1.38. The van der Waals surface area contributed by atoms with Gasteiger partial charge in [0.05, 0.1) is 6.54 Å². The number of nitrogens with zero attached hydrogens (tertiary/aromatic N) is 1. The zero-order valence-electron chi connectivity index (χ0n) is 15.7. The summed E-state index contributed by atoms with van der Waals surface area (Å²) in [5, 5.41) is 2.59. The minimum atomic E-state index is -0.341. The molecule has 2 amide bonds. The van der Waals surface area contributed by atoms with Crippen molar-refractivity contribution in [2.75, 3.05) is 26.2 Å². The first-order valence-corrected chi connectivity index (χ1v) is 9.45. The lowest BCUT2D eigenvalue weighted by Gasteiger charge is -2.31. The topological polar surface area (TPSA) is 75.7 Å². The van der Waals surface area contributed by atoms with E-state index in [1.807, 2.05) is 48.5 Å². The van der Waals surface area contributed by atoms with Gasteiger partial charge in [-0.25, -0.2) is 0 Å². The van der Waals surface area contributed by atoms with Gasteiger partial charge in [-0.3, -0.25) is 14.4 Å². The number of Topliss-reactive ketones (excluding diaryl/α,β-unsaturated/α-hetero) is 1. The summed E-state index contributed by atoms with van der Waals surface area (Å²) in [5.74, 6) is 0.207. The van der Waals surface area contributed by atoms with Crippen LogP contribution in [0.2, 0.25) is 0 Å². The van der Waals surface area contributed by atoms with E-state index in [1.54, 1.807) is 17.0 Å². The maximum Gasteiger partial charge on any atom is 0.258 e. The highest BCUT2D eigenvalue weighted by Crippen LogP contribution is 2.21. The van der Waals surface area contributed by atoms with Crippen molar-refractivity contribution in [1.82, 2.24) is 10.2 Å². The van der Waals surface area contributed by atoms with E-state index in [0.29, 0.717) is 31.7 Å². The lowest BCUT2D eigenvalue weighted by atomic mass is 9.89. The molecular formula is C22H24N2O4. The van der Waals surface area contributed by atoms with Crippen LogP contribution in [0.1, 0.15) is 23.2 Å². The zero-order valence-corrected chi connectivity index (χ0v) is 15.7. The van der Waals surface area contributed by atoms with Crippen molar-refractivity contribution >= 4 is 17.6 Å². The molecule has 2 aromatic carbocycles. The standard InChI is InChI=1S/C22H24N2O4/c25-20(16-28-19-9-5-2-6-10-19)23-15-21(26)24-13-11-18(12-14-24)22(27)17-7-3-1-4-8-17/h1-10,18H,11-16H2,(H,23,25). The number of ether oxygens (including phenoxy) is 1. The summed E-state index contributed by atoms with van der Waals surface area (Å²) < 4.78 is 5.35. The van der Waals surface area contributed by atoms with Gasteiger partial charge in [-0.15, -0.1) is 0 Å². The van der Waals surface area contributed by atoms with Gasteiger partial charge in [0.1, 0.15) is 5.75 Å². The van der Waals surface area contributed by atoms with Gasteiger partial charge in [-0.05, 0) is 25.0 Å². The molecule has 0 aliphatic carbocycles. The molecule has 1 saturated heterocycles. The summed E-state index contributed by atoms with van der Waals surface area (Å²) in [4.78, 5) is 38.4. The van der Waals surface area contributed by atoms with Crippen molar-refractivity contribution in [2.45, 2.75) is 12.8 Å². The molecule has 6 nitrogen and oxygen atoms in total. The third-order valence-corrected chi connectivity index (χ3v) is 4.83. The summed E-state index contributed by atoms with van der Waals surface area (Å²) in [5.41, 5.74) is 0.720. The number of carbonyl (C=O) groups excluding carboxylic acids is 3. The van der Waals surface area contributed by atoms with Crippen LogP contribution in [0, 0.1) is 5.92 Å². The molecule has 0 bridgehead atoms. The van der Waals surface area contributed by atoms with Gasteiger partial charge in [-0.2, -0.15) is 0 Å². The lowest BCUT2D eigenvalue weighted by Crippen LogP contribution is -2.45. The second-order valence-electron chi connectivity index (χ2n) is 6.76. The predicted octanol–water partition coefficient (Wildman–Crippen LogP) is 2.30. The van der Waals surface area contributed by atoms with Crippen molar-refractivity contribution in [3.63, 3.8) is 0 Å². The first kappa shape index (κ1) is 19.6. The number of benzene rings is 2. The monoisotopic (exact) mass is 380 g/mol. The minimum Gasteiger partial charge on any atom is -0.484 e. The van der Waals surface area contributed by atoms with Crippen LogP contribution in [-0.2, 0) is 9.59 Å². The molecule has 0 unspecified atom stereocenters. The highest BCUT2D eigenvalue weighted by Gasteiger charge is 2.27. The van der Waals surface area contributed by atoms with E-state index < -0.39 is 0 Å². The van der Waals surface area contributed by atoms with Crippen molar-refractivity contribution in [3.05, 3.63) is 66.2 Å². The van der Waals surface area contributed by atoms with E-state index >= 15 is 0 Å². The molecule has 146 valence electrons. The van der Waals surface area contributed by atoms with Crippen molar-refractivity contribution < 1.29 is 19.1 Å². The number of rotatable bonds is 7. The number of hydrogen-bond donors (Lipinski definition) is 1. The van der Waals surface area contributed by atoms with Crippen LogP contribution >= 0.6 is 0 Å². The fraction of sp³-hybridized carbons (Fsp3) is 0.318. The summed E-state index contributed by atoms with van der Waals surface area (Å²) in [6.45, 7) is 0.857. The van der Waals surface area contributed by atoms with Gasteiger partial charge in [0, 0.05) is 24.6 Å². The maximum atomic E-state index is 12.5. The summed E-state index contributed by atoms with van der Waals surface area (Å²) in [6.07, 6.45) is 1.29. The molecule has 1 fully saturated rings. The maximum absolute atomic E-state index is 12.5. The second kappa shape index (κ2) is 9.69. The van der Waals surface area contributed by atoms with Crippen molar-refractivity contribution in [2.24, 2.45) is 5.92 Å². The number of ketones is 1. The van der Waals surface area contributed by atoms with E-state index in [9.17, 15) is 14.4 Å². The molecule has 1 aliphatic rings. The van der Waals surface area contributed by atoms with Crippen molar-refractivity contribution in [1.29, 1.82) is 0 Å². The van der Waals surface area contributed by atoms with Gasteiger partial charge < -0.3 is 15.0 Å². The highest BCUT2D eigenvalue weighted by atomic mass is 16.5. The number of amides is 2. The number of nitrogens with one attached hydrogen (secondary N) is 1. The molecule has 0 aromatic heterocycles. The SMILES string of the molecule is O=C(COc1ccccc1)NCC(=O)N1CCC(C(=O)c2ccccc2)CC1. The smallest absolute Gasteiger partial charge is 0.258 e. The van der Waals surface area contributed by atoms with Crippen LogP contribution in [-0.4, -0.2) is 48.7 Å². The third-order valence-electron chi connectivity index (χ3n) is 4.83. The van der Waals surface area contributed by atoms with E-state index in [0.717, 1.165) is 5.56 Å². The van der Waals surface area contributed by atoms with E-state index in [4.69, 9.17) is 4.74 Å². The van der Waals surface area contributed by atoms with Gasteiger partial charge in [0.15, 0.2) is 12.4 Å². The number of para-hydroxylation sites is 1. The molecule has 3 rings (SSSR count). The Labute approximate surface area is 164 Å². The number of carbonyl (C=O) groups is 3. The number of piperidine rings is 1. The van der Waals surface area contributed by atoms with Gasteiger partial charge in [0.25, 0.3) is 5.91 Å². The van der Waals surface area contributed by atoms with E-state index in [2.05, 4.69) is 5.32 Å². The molecular weight excluding hydrogens is 356 g/mol. The van der Waals surface area contributed by atoms with Crippen LogP contribution in [0.25, 0.3) is 0 Å². The largest absolute Gasteiger partial charge is 0.484 e. The molecule has 1 aliphatic heterocycles. The Morgan fingerprint density at radius 3 is 2.18 bits per heavy atom. The first-order chi connectivity index (χ1) is 13.6. The Morgan fingerprint density at radius 2 is 1.54 bits per heavy atom. The van der Waals surface area contributed by atoms with Gasteiger partial charge in [0.2, 0.25) is 5.91 Å². The molecule has 2 aromatic rings. The first-order valence-electron chi connectivity index (χ1n) is 9.45. The molecule has 0 radical (unpaired) electrons. The minimum absolute atomic E-state index is 0.0553. The summed E-state index contributed by atoms with van der Waals surface area (Å²) in [7, 11) is 0. The van der Waals surface area contributed by atoms with Crippen LogP contribution in [0.5, 0.6) is 5.75 Å². The number of hydrogen-bond acceptors (Lipinski definition) is 4. The Bertz CT molecular complexity index is 800. The van der Waals surface area contributed by atoms with Gasteiger partial charge in [-0.1, -0.05) is 48.5 Å². The fourth-order valence-corrected chi connectivity index (χ4v) is 3.23. The molecule has 28 heavy (non-hydrogen) atoms. The number of likely N-dealkylation sites (tertiary alicyclic amines) is 1. The van der Waals surface area contributed by atoms with Crippen molar-refractivity contribution in [3.8, 4) is 5.75 Å². The zero-order chi connectivity index (χ0) is 19.8. The summed E-state index contributed by atoms with van der Waals surface area (Å²) >= 11 is 0. The van der Waals surface area contributed by atoms with Crippen LogP contribution in [0.3, 0.4) is 0 Å². The normalized spacial score (nSPS) is 14.4. The molecule has 0 atom stereocenters. The Morgan fingerprint density at radius 1 is 0.929 bits per heavy atom.